The second-order valence-corrected chi connectivity index (χ2v) is 7.61. The van der Waals surface area contributed by atoms with Gasteiger partial charge >= 0.3 is 0 Å². The second-order valence-electron chi connectivity index (χ2n) is 6.69. The first kappa shape index (κ1) is 17.0. The van der Waals surface area contributed by atoms with Crippen molar-refractivity contribution < 1.29 is 4.79 Å². The van der Waals surface area contributed by atoms with Gasteiger partial charge in [-0.15, -0.1) is 0 Å². The summed E-state index contributed by atoms with van der Waals surface area (Å²) in [7, 11) is 0. The number of halogens is 1. The maximum atomic E-state index is 13.3. The minimum Gasteiger partial charge on any atom is -0.295 e. The normalized spacial score (nSPS) is 15.7. The fourth-order valence-corrected chi connectivity index (χ4v) is 4.04. The molecule has 1 atom stereocenters. The Hall–Kier alpha value is -3.18. The van der Waals surface area contributed by atoms with Crippen LogP contribution in [0, 0.1) is 0 Å². The monoisotopic (exact) mass is 429 g/mol. The number of aromatic nitrogens is 2. The van der Waals surface area contributed by atoms with Crippen molar-refractivity contribution in [3.8, 4) is 11.3 Å². The van der Waals surface area contributed by atoms with Gasteiger partial charge in [0, 0.05) is 21.3 Å². The number of carbonyl (C=O) groups is 1. The topological polar surface area (TPSA) is 49.0 Å². The highest BCUT2D eigenvalue weighted by atomic mass is 79.9. The van der Waals surface area contributed by atoms with Crippen molar-refractivity contribution in [1.29, 1.82) is 0 Å². The van der Waals surface area contributed by atoms with E-state index in [1.54, 1.807) is 0 Å². The summed E-state index contributed by atoms with van der Waals surface area (Å²) in [4.78, 5) is 15.2. The molecule has 0 radical (unpaired) electrons. The van der Waals surface area contributed by atoms with E-state index < -0.39 is 0 Å². The van der Waals surface area contributed by atoms with Crippen LogP contribution in [0.2, 0.25) is 0 Å². The highest BCUT2D eigenvalue weighted by Crippen LogP contribution is 2.44. The van der Waals surface area contributed by atoms with Gasteiger partial charge in [0.05, 0.1) is 11.7 Å². The van der Waals surface area contributed by atoms with Crippen LogP contribution in [0.1, 0.15) is 27.7 Å². The average molecular weight is 430 g/mol. The van der Waals surface area contributed by atoms with E-state index >= 15 is 0 Å². The lowest BCUT2D eigenvalue weighted by atomic mass is 9.96. The largest absolute Gasteiger partial charge is 0.295 e. The number of anilines is 1. The number of carbonyl (C=O) groups excluding carboxylic acids is 1. The molecule has 136 valence electrons. The predicted molar refractivity (Wildman–Crippen MR) is 113 cm³/mol. The van der Waals surface area contributed by atoms with E-state index in [0.717, 1.165) is 32.5 Å². The third-order valence-corrected chi connectivity index (χ3v) is 5.56. The van der Waals surface area contributed by atoms with Gasteiger partial charge in [-0.2, -0.15) is 5.10 Å². The van der Waals surface area contributed by atoms with Gasteiger partial charge in [0.2, 0.25) is 0 Å². The van der Waals surface area contributed by atoms with Gasteiger partial charge in [-0.3, -0.25) is 14.8 Å². The fraction of sp³-hybridized carbons (Fsp3) is 0.0435. The van der Waals surface area contributed by atoms with Crippen molar-refractivity contribution in [3.63, 3.8) is 0 Å². The lowest BCUT2D eigenvalue weighted by Crippen LogP contribution is -2.29. The maximum absolute atomic E-state index is 13.3. The van der Waals surface area contributed by atoms with Crippen molar-refractivity contribution in [3.05, 3.63) is 106 Å². The van der Waals surface area contributed by atoms with Crippen LogP contribution < -0.4 is 4.90 Å². The maximum Gasteiger partial charge on any atom is 0.277 e. The van der Waals surface area contributed by atoms with Gasteiger partial charge in [-0.25, -0.2) is 0 Å². The summed E-state index contributed by atoms with van der Waals surface area (Å²) < 4.78 is 1.00. The number of hydrogen-bond acceptors (Lipinski definition) is 2. The minimum atomic E-state index is -0.244. The Balaban J connectivity index is 1.73. The molecule has 1 amide bonds. The first-order chi connectivity index (χ1) is 13.7. The predicted octanol–water partition coefficient (Wildman–Crippen LogP) is 5.59. The molecule has 4 nitrogen and oxygen atoms in total. The molecule has 1 aliphatic rings. The molecule has 1 aromatic heterocycles. The van der Waals surface area contributed by atoms with Crippen LogP contribution in [0.4, 0.5) is 5.69 Å². The van der Waals surface area contributed by atoms with Gasteiger partial charge in [0.25, 0.3) is 5.91 Å². The summed E-state index contributed by atoms with van der Waals surface area (Å²) in [5.41, 5.74) is 5.18. The van der Waals surface area contributed by atoms with Crippen molar-refractivity contribution in [2.45, 2.75) is 6.04 Å². The van der Waals surface area contributed by atoms with Crippen LogP contribution in [0.25, 0.3) is 11.3 Å². The Labute approximate surface area is 171 Å². The molecule has 0 bridgehead atoms. The van der Waals surface area contributed by atoms with E-state index in [4.69, 9.17) is 0 Å². The van der Waals surface area contributed by atoms with E-state index in [1.165, 1.54) is 0 Å². The number of rotatable bonds is 3. The zero-order chi connectivity index (χ0) is 19.1. The lowest BCUT2D eigenvalue weighted by molar-refractivity contribution is 0.0989. The summed E-state index contributed by atoms with van der Waals surface area (Å²) in [5, 5.41) is 7.49. The van der Waals surface area contributed by atoms with Crippen LogP contribution in [0.5, 0.6) is 0 Å². The molecular formula is C23H16BrN3O. The fourth-order valence-electron chi connectivity index (χ4n) is 3.78. The number of amides is 1. The Morgan fingerprint density at radius 1 is 0.857 bits per heavy atom. The van der Waals surface area contributed by atoms with Gasteiger partial charge in [-0.1, -0.05) is 76.6 Å². The number of benzene rings is 3. The van der Waals surface area contributed by atoms with Crippen LogP contribution in [0.3, 0.4) is 0 Å². The standard InChI is InChI=1S/C23H16BrN3O/c24-17-13-11-16(12-14-17)22-19-20(15-7-3-1-4-8-15)25-26-21(19)23(28)27(22)18-9-5-2-6-10-18/h1-14,22H,(H,25,26)/t22-/m0/s1. The quantitative estimate of drug-likeness (QED) is 0.461. The van der Waals surface area contributed by atoms with Crippen LogP contribution in [-0.4, -0.2) is 16.1 Å². The second kappa shape index (κ2) is 6.77. The van der Waals surface area contributed by atoms with E-state index in [0.29, 0.717) is 5.69 Å². The molecule has 0 unspecified atom stereocenters. The van der Waals surface area contributed by atoms with Crippen LogP contribution >= 0.6 is 15.9 Å². The summed E-state index contributed by atoms with van der Waals surface area (Å²) in [6.45, 7) is 0. The molecule has 0 fully saturated rings. The molecule has 0 spiro atoms. The zero-order valence-corrected chi connectivity index (χ0v) is 16.4. The van der Waals surface area contributed by atoms with Crippen molar-refractivity contribution in [2.24, 2.45) is 0 Å². The van der Waals surface area contributed by atoms with Crippen molar-refractivity contribution in [1.82, 2.24) is 10.2 Å². The first-order valence-corrected chi connectivity index (χ1v) is 9.81. The smallest absolute Gasteiger partial charge is 0.277 e. The molecule has 4 aromatic rings. The summed E-state index contributed by atoms with van der Waals surface area (Å²) in [6.07, 6.45) is 0. The van der Waals surface area contributed by atoms with E-state index in [2.05, 4.69) is 38.3 Å². The number of fused-ring (bicyclic) bond motifs is 1. The van der Waals surface area contributed by atoms with Crippen LogP contribution in [0.15, 0.2) is 89.4 Å². The van der Waals surface area contributed by atoms with Crippen LogP contribution in [-0.2, 0) is 0 Å². The molecule has 1 aliphatic heterocycles. The van der Waals surface area contributed by atoms with Crippen molar-refractivity contribution >= 4 is 27.5 Å². The van der Waals surface area contributed by atoms with Gasteiger partial charge in [-0.05, 0) is 29.8 Å². The molecule has 28 heavy (non-hydrogen) atoms. The number of nitrogens with one attached hydrogen (secondary N) is 1. The molecule has 1 N–H and O–H groups in total. The van der Waals surface area contributed by atoms with E-state index in [1.807, 2.05) is 77.7 Å². The summed E-state index contributed by atoms with van der Waals surface area (Å²) >= 11 is 3.50. The highest BCUT2D eigenvalue weighted by molar-refractivity contribution is 9.10. The van der Waals surface area contributed by atoms with Crippen molar-refractivity contribution in [2.75, 3.05) is 4.90 Å². The third-order valence-electron chi connectivity index (χ3n) is 5.04. The molecule has 2 heterocycles. The van der Waals surface area contributed by atoms with E-state index in [-0.39, 0.29) is 11.9 Å². The molecule has 0 saturated heterocycles. The molecule has 5 heteroatoms. The molecule has 5 rings (SSSR count). The third kappa shape index (κ3) is 2.67. The molecule has 0 saturated carbocycles. The molecule has 3 aromatic carbocycles. The van der Waals surface area contributed by atoms with Gasteiger partial charge in [0.1, 0.15) is 5.69 Å². The minimum absolute atomic E-state index is 0.0659. The number of aromatic amines is 1. The number of para-hydroxylation sites is 1. The first-order valence-electron chi connectivity index (χ1n) is 9.02. The number of H-pyrrole nitrogens is 1. The SMILES string of the molecule is O=C1c2[nH]nc(-c3ccccc3)c2[C@H](c2ccc(Br)cc2)N1c1ccccc1. The van der Waals surface area contributed by atoms with Gasteiger partial charge in [0.15, 0.2) is 0 Å². The Kier molecular flexibility index (Phi) is 4.10. The molecular weight excluding hydrogens is 414 g/mol. The zero-order valence-electron chi connectivity index (χ0n) is 14.8. The average Bonchev–Trinajstić information content (AvgIpc) is 3.29. The number of nitrogens with zero attached hydrogens (tertiary/aromatic N) is 2. The van der Waals surface area contributed by atoms with E-state index in [9.17, 15) is 4.79 Å². The summed E-state index contributed by atoms with van der Waals surface area (Å²) in [6, 6.07) is 27.6. The molecule has 0 aliphatic carbocycles. The Bertz CT molecular complexity index is 1140. The summed E-state index contributed by atoms with van der Waals surface area (Å²) in [5.74, 6) is -0.0659. The highest BCUT2D eigenvalue weighted by Gasteiger charge is 2.42. The number of hydrogen-bond donors (Lipinski definition) is 1. The Morgan fingerprint density at radius 3 is 2.18 bits per heavy atom. The lowest BCUT2D eigenvalue weighted by Gasteiger charge is -2.26. The Morgan fingerprint density at radius 2 is 1.50 bits per heavy atom. The van der Waals surface area contributed by atoms with Gasteiger partial charge < -0.3 is 0 Å².